The molecule has 0 fully saturated rings. The smallest absolute Gasteiger partial charge is 0.412 e. The summed E-state index contributed by atoms with van der Waals surface area (Å²) in [5.41, 5.74) is 0.209. The van der Waals surface area contributed by atoms with Crippen LogP contribution in [0.5, 0.6) is 0 Å². The van der Waals surface area contributed by atoms with E-state index in [0.29, 0.717) is 15.0 Å². The van der Waals surface area contributed by atoms with E-state index in [0.717, 1.165) is 22.5 Å². The van der Waals surface area contributed by atoms with Gasteiger partial charge in [-0.25, -0.2) is 29.1 Å². The Hall–Kier alpha value is -4.82. The van der Waals surface area contributed by atoms with Crippen LogP contribution in [0.15, 0.2) is 60.7 Å². The second-order valence-corrected chi connectivity index (χ2v) is 13.4. The lowest BCUT2D eigenvalue weighted by molar-refractivity contribution is 0.0520. The van der Waals surface area contributed by atoms with E-state index < -0.39 is 35.3 Å². The summed E-state index contributed by atoms with van der Waals surface area (Å²) in [6, 6.07) is 18.6. The number of carboxylic acid groups (broad SMARTS) is 1. The standard InChI is InChI=1S/C17H20N2O4S.C15H16N2O4S/c1-5-22-15(20)12-14(19-16(21)23-17(2,3)4)24-13(18-12)11-9-7-6-8-10-11;1-15(2,3)21-14(20)17-12-10(13(18)19)16-11(22-12)9-7-5-4-6-8-9/h6-10H,5H2,1-4H3,(H,19,21);4-8H,1-3H3,(H,17,20)(H,18,19). The number of benzene rings is 2. The maximum absolute atomic E-state index is 12.1. The van der Waals surface area contributed by atoms with E-state index in [1.54, 1.807) is 48.5 Å². The summed E-state index contributed by atoms with van der Waals surface area (Å²) in [5, 5.41) is 15.9. The van der Waals surface area contributed by atoms with Crippen molar-refractivity contribution in [2.24, 2.45) is 0 Å². The highest BCUT2D eigenvalue weighted by atomic mass is 32.1. The number of carboxylic acids is 1. The summed E-state index contributed by atoms with van der Waals surface area (Å²) >= 11 is 2.29. The number of esters is 1. The Morgan fingerprint density at radius 1 is 0.696 bits per heavy atom. The number of nitrogens with zero attached hydrogens (tertiary/aromatic N) is 2. The molecule has 2 aromatic heterocycles. The van der Waals surface area contributed by atoms with E-state index in [1.165, 1.54) is 11.3 Å². The van der Waals surface area contributed by atoms with Crippen molar-refractivity contribution in [2.45, 2.75) is 59.7 Å². The molecule has 46 heavy (non-hydrogen) atoms. The minimum Gasteiger partial charge on any atom is -0.476 e. The third-order valence-electron chi connectivity index (χ3n) is 5.20. The van der Waals surface area contributed by atoms with Crippen LogP contribution in [0.4, 0.5) is 19.6 Å². The van der Waals surface area contributed by atoms with E-state index >= 15 is 0 Å². The molecule has 244 valence electrons. The highest BCUT2D eigenvalue weighted by Gasteiger charge is 2.25. The fourth-order valence-corrected chi connectivity index (χ4v) is 5.39. The van der Waals surface area contributed by atoms with Gasteiger partial charge in [0.1, 0.15) is 31.2 Å². The summed E-state index contributed by atoms with van der Waals surface area (Å²) in [4.78, 5) is 55.6. The Balaban J connectivity index is 0.000000251. The number of anilines is 2. The Morgan fingerprint density at radius 2 is 1.09 bits per heavy atom. The molecular weight excluding hydrogens is 633 g/mol. The molecule has 3 N–H and O–H groups in total. The molecule has 4 rings (SSSR count). The van der Waals surface area contributed by atoms with Crippen LogP contribution in [-0.4, -0.2) is 57.0 Å². The van der Waals surface area contributed by atoms with Gasteiger partial charge in [-0.3, -0.25) is 10.6 Å². The number of carbonyl (C=O) groups is 4. The number of aromatic nitrogens is 2. The largest absolute Gasteiger partial charge is 0.476 e. The van der Waals surface area contributed by atoms with Gasteiger partial charge in [-0.05, 0) is 48.5 Å². The molecule has 0 saturated carbocycles. The summed E-state index contributed by atoms with van der Waals surface area (Å²) in [7, 11) is 0. The molecule has 0 atom stereocenters. The lowest BCUT2D eigenvalue weighted by Gasteiger charge is -2.19. The van der Waals surface area contributed by atoms with Crippen LogP contribution in [0.3, 0.4) is 0 Å². The Bertz CT molecular complexity index is 1660. The number of nitrogens with one attached hydrogen (secondary N) is 2. The van der Waals surface area contributed by atoms with Crippen LogP contribution in [0.2, 0.25) is 0 Å². The maximum Gasteiger partial charge on any atom is 0.412 e. The first-order valence-corrected chi connectivity index (χ1v) is 15.7. The molecule has 0 unspecified atom stereocenters. The average Bonchev–Trinajstić information content (AvgIpc) is 3.57. The summed E-state index contributed by atoms with van der Waals surface area (Å²) in [6.45, 7) is 12.4. The van der Waals surface area contributed by atoms with Gasteiger partial charge in [-0.15, -0.1) is 0 Å². The van der Waals surface area contributed by atoms with Gasteiger partial charge in [-0.1, -0.05) is 83.3 Å². The van der Waals surface area contributed by atoms with E-state index in [9.17, 15) is 24.3 Å². The van der Waals surface area contributed by atoms with E-state index in [4.69, 9.17) is 14.2 Å². The highest BCUT2D eigenvalue weighted by Crippen LogP contribution is 2.34. The van der Waals surface area contributed by atoms with Crippen molar-refractivity contribution in [3.63, 3.8) is 0 Å². The molecule has 12 nitrogen and oxygen atoms in total. The van der Waals surface area contributed by atoms with Crippen molar-refractivity contribution in [1.82, 2.24) is 9.97 Å². The maximum atomic E-state index is 12.1. The summed E-state index contributed by atoms with van der Waals surface area (Å²) < 4.78 is 15.4. The first kappa shape index (κ1) is 35.7. The lowest BCUT2D eigenvalue weighted by Crippen LogP contribution is -2.27. The Kier molecular flexibility index (Phi) is 12.0. The van der Waals surface area contributed by atoms with Crippen LogP contribution >= 0.6 is 22.7 Å². The van der Waals surface area contributed by atoms with Crippen molar-refractivity contribution < 1.29 is 38.5 Å². The lowest BCUT2D eigenvalue weighted by atomic mass is 10.2. The Labute approximate surface area is 274 Å². The molecule has 4 aromatic rings. The molecule has 14 heteroatoms. The molecule has 0 spiro atoms. The van der Waals surface area contributed by atoms with Gasteiger partial charge in [-0.2, -0.15) is 0 Å². The van der Waals surface area contributed by atoms with Crippen LogP contribution in [0.1, 0.15) is 69.4 Å². The SMILES string of the molecule is CC(C)(C)OC(=O)Nc1sc(-c2ccccc2)nc1C(=O)O.CCOC(=O)c1nc(-c2ccccc2)sc1NC(=O)OC(C)(C)C. The minimum absolute atomic E-state index is 0.0755. The second-order valence-electron chi connectivity index (χ2n) is 11.4. The number of hydrogen-bond acceptors (Lipinski definition) is 11. The van der Waals surface area contributed by atoms with Crippen molar-refractivity contribution in [2.75, 3.05) is 17.2 Å². The fourth-order valence-electron chi connectivity index (χ4n) is 3.49. The van der Waals surface area contributed by atoms with Crippen molar-refractivity contribution in [3.8, 4) is 21.1 Å². The zero-order chi connectivity index (χ0) is 34.1. The third kappa shape index (κ3) is 11.0. The molecule has 2 amide bonds. The highest BCUT2D eigenvalue weighted by molar-refractivity contribution is 7.19. The predicted molar refractivity (Wildman–Crippen MR) is 178 cm³/mol. The second kappa shape index (κ2) is 15.5. The zero-order valence-corrected chi connectivity index (χ0v) is 28.1. The van der Waals surface area contributed by atoms with Crippen LogP contribution in [0.25, 0.3) is 21.1 Å². The quantitative estimate of drug-likeness (QED) is 0.129. The number of thiazole rings is 2. The number of ether oxygens (including phenoxy) is 3. The van der Waals surface area contributed by atoms with Gasteiger partial charge >= 0.3 is 24.1 Å². The fraction of sp³-hybridized carbons (Fsp3) is 0.312. The van der Waals surface area contributed by atoms with Crippen LogP contribution in [-0.2, 0) is 14.2 Å². The van der Waals surface area contributed by atoms with Crippen LogP contribution in [0, 0.1) is 0 Å². The number of hydrogen-bond donors (Lipinski definition) is 3. The van der Waals surface area contributed by atoms with E-state index in [-0.39, 0.29) is 23.0 Å². The average molecular weight is 669 g/mol. The molecule has 0 aliphatic carbocycles. The molecule has 0 saturated heterocycles. The molecule has 0 aliphatic heterocycles. The topological polar surface area (TPSA) is 166 Å². The third-order valence-corrected chi connectivity index (χ3v) is 7.24. The summed E-state index contributed by atoms with van der Waals surface area (Å²) in [6.07, 6.45) is -1.35. The monoisotopic (exact) mass is 668 g/mol. The zero-order valence-electron chi connectivity index (χ0n) is 26.5. The van der Waals surface area contributed by atoms with E-state index in [1.807, 2.05) is 60.7 Å². The van der Waals surface area contributed by atoms with Crippen molar-refractivity contribution in [3.05, 3.63) is 72.1 Å². The molecular formula is C32H36N4O8S2. The molecule has 0 radical (unpaired) electrons. The van der Waals surface area contributed by atoms with Crippen molar-refractivity contribution in [1.29, 1.82) is 0 Å². The first-order valence-electron chi connectivity index (χ1n) is 14.1. The van der Waals surface area contributed by atoms with E-state index in [2.05, 4.69) is 20.6 Å². The first-order chi connectivity index (χ1) is 21.6. The molecule has 2 heterocycles. The van der Waals surface area contributed by atoms with Crippen LogP contribution < -0.4 is 10.6 Å². The summed E-state index contributed by atoms with van der Waals surface area (Å²) in [5.74, 6) is -1.79. The van der Waals surface area contributed by atoms with Gasteiger partial charge in [0.15, 0.2) is 11.4 Å². The van der Waals surface area contributed by atoms with Gasteiger partial charge in [0.25, 0.3) is 0 Å². The number of rotatable bonds is 7. The number of amides is 2. The normalized spacial score (nSPS) is 11.0. The number of carbonyl (C=O) groups excluding carboxylic acids is 3. The molecule has 2 aromatic carbocycles. The minimum atomic E-state index is -1.20. The van der Waals surface area contributed by atoms with Gasteiger partial charge < -0.3 is 19.3 Å². The van der Waals surface area contributed by atoms with Crippen molar-refractivity contribution >= 4 is 56.8 Å². The molecule has 0 bridgehead atoms. The van der Waals surface area contributed by atoms with Gasteiger partial charge in [0.05, 0.1) is 6.61 Å². The van der Waals surface area contributed by atoms with Gasteiger partial charge in [0, 0.05) is 11.1 Å². The molecule has 0 aliphatic rings. The predicted octanol–water partition coefficient (Wildman–Crippen LogP) is 8.19. The Morgan fingerprint density at radius 3 is 1.46 bits per heavy atom. The van der Waals surface area contributed by atoms with Gasteiger partial charge in [0.2, 0.25) is 0 Å². The number of aromatic carboxylic acids is 1.